The first kappa shape index (κ1) is 11.6. The SMILES string of the molecule is Cc1cc(NCCc2ccccn2)n2ncnc2n1. The van der Waals surface area contributed by atoms with E-state index < -0.39 is 0 Å². The van der Waals surface area contributed by atoms with E-state index in [9.17, 15) is 0 Å². The Morgan fingerprint density at radius 3 is 3.05 bits per heavy atom. The molecule has 0 atom stereocenters. The van der Waals surface area contributed by atoms with Gasteiger partial charge in [0.15, 0.2) is 0 Å². The zero-order chi connectivity index (χ0) is 13.1. The maximum Gasteiger partial charge on any atom is 0.254 e. The standard InChI is InChI=1S/C13H14N6/c1-10-8-12(19-13(18-10)16-9-17-19)15-7-5-11-4-2-3-6-14-11/h2-4,6,8-9,15H,5,7H2,1H3. The van der Waals surface area contributed by atoms with Crippen LogP contribution >= 0.6 is 0 Å². The molecule has 0 saturated carbocycles. The van der Waals surface area contributed by atoms with E-state index in [2.05, 4.69) is 25.4 Å². The smallest absolute Gasteiger partial charge is 0.254 e. The largest absolute Gasteiger partial charge is 0.369 e. The van der Waals surface area contributed by atoms with Gasteiger partial charge in [-0.1, -0.05) is 6.07 Å². The third kappa shape index (κ3) is 2.52. The molecular weight excluding hydrogens is 240 g/mol. The molecule has 3 rings (SSSR count). The van der Waals surface area contributed by atoms with Crippen LogP contribution < -0.4 is 5.32 Å². The molecule has 0 radical (unpaired) electrons. The van der Waals surface area contributed by atoms with Crippen molar-refractivity contribution in [1.82, 2.24) is 24.6 Å². The zero-order valence-corrected chi connectivity index (χ0v) is 10.6. The molecule has 3 heterocycles. The first-order chi connectivity index (χ1) is 9.33. The fourth-order valence-corrected chi connectivity index (χ4v) is 1.92. The molecule has 0 aliphatic rings. The summed E-state index contributed by atoms with van der Waals surface area (Å²) in [6, 6.07) is 7.89. The van der Waals surface area contributed by atoms with Crippen LogP contribution in [0.25, 0.3) is 5.78 Å². The summed E-state index contributed by atoms with van der Waals surface area (Å²) < 4.78 is 1.70. The summed E-state index contributed by atoms with van der Waals surface area (Å²) >= 11 is 0. The molecule has 0 spiro atoms. The number of aromatic nitrogens is 5. The van der Waals surface area contributed by atoms with Crippen molar-refractivity contribution in [2.75, 3.05) is 11.9 Å². The number of pyridine rings is 1. The molecule has 0 bridgehead atoms. The Balaban J connectivity index is 1.73. The van der Waals surface area contributed by atoms with Gasteiger partial charge in [-0.2, -0.15) is 14.6 Å². The zero-order valence-electron chi connectivity index (χ0n) is 10.6. The lowest BCUT2D eigenvalue weighted by molar-refractivity contribution is 0.895. The van der Waals surface area contributed by atoms with Gasteiger partial charge in [0.05, 0.1) is 0 Å². The molecule has 0 aliphatic heterocycles. The fourth-order valence-electron chi connectivity index (χ4n) is 1.92. The van der Waals surface area contributed by atoms with Crippen molar-refractivity contribution in [3.63, 3.8) is 0 Å². The van der Waals surface area contributed by atoms with E-state index in [1.165, 1.54) is 6.33 Å². The summed E-state index contributed by atoms with van der Waals surface area (Å²) in [6.45, 7) is 2.73. The fraction of sp³-hybridized carbons (Fsp3) is 0.231. The highest BCUT2D eigenvalue weighted by Gasteiger charge is 2.04. The highest BCUT2D eigenvalue weighted by molar-refractivity contribution is 5.44. The molecule has 19 heavy (non-hydrogen) atoms. The minimum atomic E-state index is 0.611. The molecule has 6 heteroatoms. The quantitative estimate of drug-likeness (QED) is 0.763. The molecule has 6 nitrogen and oxygen atoms in total. The number of fused-ring (bicyclic) bond motifs is 1. The second-order valence-corrected chi connectivity index (χ2v) is 4.25. The topological polar surface area (TPSA) is 68.0 Å². The number of hydrogen-bond donors (Lipinski definition) is 1. The van der Waals surface area contributed by atoms with Crippen molar-refractivity contribution in [3.05, 3.63) is 48.2 Å². The van der Waals surface area contributed by atoms with Crippen molar-refractivity contribution in [2.24, 2.45) is 0 Å². The third-order valence-electron chi connectivity index (χ3n) is 2.79. The van der Waals surface area contributed by atoms with E-state index in [4.69, 9.17) is 0 Å². The van der Waals surface area contributed by atoms with Crippen LogP contribution in [0.1, 0.15) is 11.4 Å². The van der Waals surface area contributed by atoms with E-state index >= 15 is 0 Å². The summed E-state index contributed by atoms with van der Waals surface area (Å²) in [5.74, 6) is 1.51. The van der Waals surface area contributed by atoms with Crippen LogP contribution in [0.15, 0.2) is 36.8 Å². The lowest BCUT2D eigenvalue weighted by Crippen LogP contribution is -2.10. The summed E-state index contributed by atoms with van der Waals surface area (Å²) in [7, 11) is 0. The van der Waals surface area contributed by atoms with Gasteiger partial charge in [0.2, 0.25) is 0 Å². The van der Waals surface area contributed by atoms with Crippen molar-refractivity contribution >= 4 is 11.6 Å². The number of rotatable bonds is 4. The normalized spacial score (nSPS) is 10.8. The maximum absolute atomic E-state index is 4.30. The predicted molar refractivity (Wildman–Crippen MR) is 71.9 cm³/mol. The highest BCUT2D eigenvalue weighted by Crippen LogP contribution is 2.10. The van der Waals surface area contributed by atoms with Gasteiger partial charge in [-0.3, -0.25) is 4.98 Å². The highest BCUT2D eigenvalue weighted by atomic mass is 15.3. The molecule has 0 saturated heterocycles. The summed E-state index contributed by atoms with van der Waals surface area (Å²) in [5.41, 5.74) is 1.98. The predicted octanol–water partition coefficient (Wildman–Crippen LogP) is 1.48. The van der Waals surface area contributed by atoms with Crippen molar-refractivity contribution < 1.29 is 0 Å². The molecule has 1 N–H and O–H groups in total. The van der Waals surface area contributed by atoms with Crippen molar-refractivity contribution in [2.45, 2.75) is 13.3 Å². The molecule has 0 aromatic carbocycles. The first-order valence-electron chi connectivity index (χ1n) is 6.14. The van der Waals surface area contributed by atoms with Crippen molar-refractivity contribution in [1.29, 1.82) is 0 Å². The average Bonchev–Trinajstić information content (AvgIpc) is 2.88. The minimum absolute atomic E-state index is 0.611. The minimum Gasteiger partial charge on any atom is -0.369 e. The van der Waals surface area contributed by atoms with Gasteiger partial charge in [-0.15, -0.1) is 0 Å². The maximum atomic E-state index is 4.30. The first-order valence-corrected chi connectivity index (χ1v) is 6.14. The molecule has 0 aliphatic carbocycles. The van der Waals surface area contributed by atoms with Gasteiger partial charge in [0, 0.05) is 36.6 Å². The monoisotopic (exact) mass is 254 g/mol. The molecule has 3 aromatic rings. The van der Waals surface area contributed by atoms with E-state index in [1.54, 1.807) is 4.52 Å². The van der Waals surface area contributed by atoms with E-state index in [0.717, 1.165) is 30.2 Å². The summed E-state index contributed by atoms with van der Waals surface area (Å²) in [5, 5.41) is 7.49. The van der Waals surface area contributed by atoms with Gasteiger partial charge >= 0.3 is 0 Å². The van der Waals surface area contributed by atoms with Gasteiger partial charge in [-0.25, -0.2) is 4.98 Å². The van der Waals surface area contributed by atoms with Crippen LogP contribution in [-0.2, 0) is 6.42 Å². The molecule has 0 amide bonds. The van der Waals surface area contributed by atoms with E-state index in [1.807, 2.05) is 37.4 Å². The second kappa shape index (κ2) is 5.01. The number of hydrogen-bond acceptors (Lipinski definition) is 5. The van der Waals surface area contributed by atoms with Crippen molar-refractivity contribution in [3.8, 4) is 0 Å². The van der Waals surface area contributed by atoms with Crippen LogP contribution in [0.4, 0.5) is 5.82 Å². The molecule has 96 valence electrons. The Morgan fingerprint density at radius 1 is 1.26 bits per heavy atom. The molecule has 0 unspecified atom stereocenters. The van der Waals surface area contributed by atoms with Crippen LogP contribution in [0, 0.1) is 6.92 Å². The molecule has 0 fully saturated rings. The Kier molecular flexibility index (Phi) is 3.06. The van der Waals surface area contributed by atoms with E-state index in [-0.39, 0.29) is 0 Å². The number of nitrogens with zero attached hydrogens (tertiary/aromatic N) is 5. The Labute approximate surface area is 110 Å². The average molecular weight is 254 g/mol. The number of nitrogens with one attached hydrogen (secondary N) is 1. The Hall–Kier alpha value is -2.50. The van der Waals surface area contributed by atoms with Crippen LogP contribution in [0.3, 0.4) is 0 Å². The van der Waals surface area contributed by atoms with E-state index in [0.29, 0.717) is 5.78 Å². The second-order valence-electron chi connectivity index (χ2n) is 4.25. The lowest BCUT2D eigenvalue weighted by Gasteiger charge is -2.08. The Morgan fingerprint density at radius 2 is 2.21 bits per heavy atom. The van der Waals surface area contributed by atoms with Gasteiger partial charge in [0.25, 0.3) is 5.78 Å². The number of aryl methyl sites for hydroxylation is 1. The third-order valence-corrected chi connectivity index (χ3v) is 2.79. The summed E-state index contributed by atoms with van der Waals surface area (Å²) in [4.78, 5) is 12.7. The van der Waals surface area contributed by atoms with Gasteiger partial charge < -0.3 is 5.32 Å². The Bertz CT molecular complexity index is 676. The summed E-state index contributed by atoms with van der Waals surface area (Å²) in [6.07, 6.45) is 4.17. The number of anilines is 1. The molecular formula is C13H14N6. The van der Waals surface area contributed by atoms with Crippen LogP contribution in [-0.4, -0.2) is 31.1 Å². The lowest BCUT2D eigenvalue weighted by atomic mass is 10.3. The van der Waals surface area contributed by atoms with Crippen LogP contribution in [0.5, 0.6) is 0 Å². The van der Waals surface area contributed by atoms with Crippen LogP contribution in [0.2, 0.25) is 0 Å². The molecule has 3 aromatic heterocycles. The van der Waals surface area contributed by atoms with Gasteiger partial charge in [-0.05, 0) is 19.1 Å². The van der Waals surface area contributed by atoms with Gasteiger partial charge in [0.1, 0.15) is 12.1 Å².